The molecule has 0 N–H and O–H groups in total. The van der Waals surface area contributed by atoms with E-state index in [-0.39, 0.29) is 16.9 Å². The highest BCUT2D eigenvalue weighted by atomic mass is 32.2. The largest absolute Gasteiger partial charge is 0.474 e. The van der Waals surface area contributed by atoms with Crippen molar-refractivity contribution in [3.8, 4) is 5.88 Å². The fourth-order valence-electron chi connectivity index (χ4n) is 4.10. The highest BCUT2D eigenvalue weighted by Crippen LogP contribution is 2.30. The Morgan fingerprint density at radius 2 is 1.81 bits per heavy atom. The SMILES string of the molecule is Cc1noc(C)c1S(=O)(=O)N1CCC(Oc2nc(C(C)C)nc3c2CCOCC3)CC1. The van der Waals surface area contributed by atoms with Gasteiger partial charge in [0, 0.05) is 37.4 Å². The molecule has 10 heteroatoms. The van der Waals surface area contributed by atoms with Crippen molar-refractivity contribution in [2.24, 2.45) is 0 Å². The van der Waals surface area contributed by atoms with E-state index in [2.05, 4.69) is 19.0 Å². The third kappa shape index (κ3) is 4.47. The maximum Gasteiger partial charge on any atom is 0.248 e. The zero-order chi connectivity index (χ0) is 22.2. The molecule has 0 spiro atoms. The summed E-state index contributed by atoms with van der Waals surface area (Å²) in [4.78, 5) is 9.63. The minimum atomic E-state index is -3.63. The second kappa shape index (κ2) is 8.84. The maximum absolute atomic E-state index is 13.1. The quantitative estimate of drug-likeness (QED) is 0.684. The number of fused-ring (bicyclic) bond motifs is 1. The van der Waals surface area contributed by atoms with Crippen molar-refractivity contribution in [2.45, 2.75) is 70.3 Å². The van der Waals surface area contributed by atoms with Crippen LogP contribution in [0.25, 0.3) is 0 Å². The number of hydrogen-bond acceptors (Lipinski definition) is 8. The van der Waals surface area contributed by atoms with Crippen LogP contribution in [0, 0.1) is 13.8 Å². The van der Waals surface area contributed by atoms with Crippen LogP contribution in [0.3, 0.4) is 0 Å². The molecule has 0 atom stereocenters. The lowest BCUT2D eigenvalue weighted by atomic mass is 10.1. The number of piperidine rings is 1. The van der Waals surface area contributed by atoms with Gasteiger partial charge < -0.3 is 14.0 Å². The fourth-order valence-corrected chi connectivity index (χ4v) is 5.87. The van der Waals surface area contributed by atoms with Gasteiger partial charge in [0.05, 0.1) is 18.9 Å². The molecule has 0 radical (unpaired) electrons. The normalized spacial score (nSPS) is 18.7. The fraction of sp³-hybridized carbons (Fsp3) is 0.667. The molecule has 0 unspecified atom stereocenters. The molecule has 9 nitrogen and oxygen atoms in total. The third-order valence-electron chi connectivity index (χ3n) is 5.81. The summed E-state index contributed by atoms with van der Waals surface area (Å²) < 4.78 is 44.6. The van der Waals surface area contributed by atoms with Crippen molar-refractivity contribution in [3.63, 3.8) is 0 Å². The molecule has 0 aliphatic carbocycles. The van der Waals surface area contributed by atoms with Gasteiger partial charge in [-0.05, 0) is 26.7 Å². The van der Waals surface area contributed by atoms with Gasteiger partial charge >= 0.3 is 0 Å². The Balaban J connectivity index is 1.50. The standard InChI is InChI=1S/C21H30N4O5S/c1-13(2)20-22-18-8-12-28-11-7-17(18)21(23-20)29-16-5-9-25(10-6-16)31(26,27)19-14(3)24-30-15(19)4/h13,16H,5-12H2,1-4H3. The highest BCUT2D eigenvalue weighted by molar-refractivity contribution is 7.89. The van der Waals surface area contributed by atoms with Crippen LogP contribution in [0.2, 0.25) is 0 Å². The van der Waals surface area contributed by atoms with E-state index in [0.29, 0.717) is 56.5 Å². The summed E-state index contributed by atoms with van der Waals surface area (Å²) in [6.45, 7) is 9.44. The number of sulfonamides is 1. The van der Waals surface area contributed by atoms with Crippen LogP contribution in [0.1, 0.15) is 61.1 Å². The van der Waals surface area contributed by atoms with Gasteiger partial charge in [0.1, 0.15) is 22.5 Å². The van der Waals surface area contributed by atoms with Crippen molar-refractivity contribution >= 4 is 10.0 Å². The summed E-state index contributed by atoms with van der Waals surface area (Å²) in [5.74, 6) is 1.92. The Morgan fingerprint density at radius 3 is 2.45 bits per heavy atom. The Bertz CT molecular complexity index is 1020. The first kappa shape index (κ1) is 22.2. The van der Waals surface area contributed by atoms with Crippen molar-refractivity contribution in [2.75, 3.05) is 26.3 Å². The van der Waals surface area contributed by atoms with Crippen molar-refractivity contribution in [1.29, 1.82) is 0 Å². The molecule has 0 saturated carbocycles. The number of ether oxygens (including phenoxy) is 2. The van der Waals surface area contributed by atoms with Crippen molar-refractivity contribution < 1.29 is 22.4 Å². The highest BCUT2D eigenvalue weighted by Gasteiger charge is 2.35. The van der Waals surface area contributed by atoms with Crippen molar-refractivity contribution in [1.82, 2.24) is 19.4 Å². The molecule has 2 aromatic heterocycles. The summed E-state index contributed by atoms with van der Waals surface area (Å²) in [7, 11) is -3.63. The van der Waals surface area contributed by atoms with Gasteiger partial charge in [-0.25, -0.2) is 13.4 Å². The molecule has 1 fully saturated rings. The van der Waals surface area contributed by atoms with Gasteiger partial charge in [0.15, 0.2) is 5.76 Å². The second-order valence-corrected chi connectivity index (χ2v) is 10.3. The molecule has 1 saturated heterocycles. The van der Waals surface area contributed by atoms with Crippen LogP contribution in [0.5, 0.6) is 5.88 Å². The Hall–Kier alpha value is -2.04. The first-order valence-electron chi connectivity index (χ1n) is 10.8. The molecular weight excluding hydrogens is 420 g/mol. The van der Waals surface area contributed by atoms with Crippen LogP contribution >= 0.6 is 0 Å². The number of aryl methyl sites for hydroxylation is 2. The zero-order valence-corrected chi connectivity index (χ0v) is 19.4. The lowest BCUT2D eigenvalue weighted by Crippen LogP contribution is -2.42. The average Bonchev–Trinajstić information content (AvgIpc) is 2.92. The first-order valence-corrected chi connectivity index (χ1v) is 12.3. The first-order chi connectivity index (χ1) is 14.8. The minimum absolute atomic E-state index is 0.0979. The third-order valence-corrected chi connectivity index (χ3v) is 7.96. The molecule has 0 bridgehead atoms. The summed E-state index contributed by atoms with van der Waals surface area (Å²) in [5, 5.41) is 3.79. The summed E-state index contributed by atoms with van der Waals surface area (Å²) in [5.41, 5.74) is 2.42. The van der Waals surface area contributed by atoms with Crippen LogP contribution in [-0.4, -0.2) is 60.3 Å². The summed E-state index contributed by atoms with van der Waals surface area (Å²) in [6, 6.07) is 0. The number of hydrogen-bond donors (Lipinski definition) is 0. The van der Waals surface area contributed by atoms with E-state index in [1.165, 1.54) is 4.31 Å². The molecule has 4 rings (SSSR count). The van der Waals surface area contributed by atoms with Gasteiger partial charge in [-0.2, -0.15) is 9.29 Å². The topological polar surface area (TPSA) is 108 Å². The van der Waals surface area contributed by atoms with Gasteiger partial charge in [-0.1, -0.05) is 19.0 Å². The molecule has 170 valence electrons. The summed E-state index contributed by atoms with van der Waals surface area (Å²) >= 11 is 0. The number of nitrogens with zero attached hydrogens (tertiary/aromatic N) is 4. The van der Waals surface area contributed by atoms with Crippen LogP contribution in [0.15, 0.2) is 9.42 Å². The van der Waals surface area contributed by atoms with Crippen LogP contribution < -0.4 is 4.74 Å². The van der Waals surface area contributed by atoms with E-state index in [4.69, 9.17) is 24.0 Å². The predicted molar refractivity (Wildman–Crippen MR) is 113 cm³/mol. The van der Waals surface area contributed by atoms with Gasteiger partial charge in [-0.3, -0.25) is 0 Å². The van der Waals surface area contributed by atoms with Crippen LogP contribution in [0.4, 0.5) is 0 Å². The van der Waals surface area contributed by atoms with E-state index < -0.39 is 10.0 Å². The molecule has 0 aromatic carbocycles. The molecule has 31 heavy (non-hydrogen) atoms. The Kier molecular flexibility index (Phi) is 6.32. The maximum atomic E-state index is 13.1. The zero-order valence-electron chi connectivity index (χ0n) is 18.5. The monoisotopic (exact) mass is 450 g/mol. The molecule has 2 aromatic rings. The Morgan fingerprint density at radius 1 is 1.10 bits per heavy atom. The van der Waals surface area contributed by atoms with Gasteiger partial charge in [0.25, 0.3) is 0 Å². The second-order valence-electron chi connectivity index (χ2n) is 8.45. The molecule has 2 aliphatic rings. The van der Waals surface area contributed by atoms with E-state index in [1.807, 2.05) is 0 Å². The van der Waals surface area contributed by atoms with E-state index in [0.717, 1.165) is 29.9 Å². The predicted octanol–water partition coefficient (Wildman–Crippen LogP) is 2.55. The van der Waals surface area contributed by atoms with Gasteiger partial charge in [0.2, 0.25) is 15.9 Å². The minimum Gasteiger partial charge on any atom is -0.474 e. The number of aromatic nitrogens is 3. The average molecular weight is 451 g/mol. The molecule has 2 aliphatic heterocycles. The molecule has 4 heterocycles. The van der Waals surface area contributed by atoms with E-state index in [9.17, 15) is 8.42 Å². The lowest BCUT2D eigenvalue weighted by molar-refractivity contribution is 0.126. The summed E-state index contributed by atoms with van der Waals surface area (Å²) in [6.07, 6.45) is 2.56. The van der Waals surface area contributed by atoms with Gasteiger partial charge in [-0.15, -0.1) is 0 Å². The lowest BCUT2D eigenvalue weighted by Gasteiger charge is -2.31. The number of rotatable bonds is 5. The van der Waals surface area contributed by atoms with E-state index in [1.54, 1.807) is 13.8 Å². The van der Waals surface area contributed by atoms with Crippen molar-refractivity contribution in [3.05, 3.63) is 28.5 Å². The van der Waals surface area contributed by atoms with Crippen LogP contribution in [-0.2, 0) is 27.6 Å². The molecule has 0 amide bonds. The smallest absolute Gasteiger partial charge is 0.248 e. The Labute approximate surface area is 183 Å². The molecular formula is C21H30N4O5S. The van der Waals surface area contributed by atoms with E-state index >= 15 is 0 Å².